The molecule has 2 unspecified atom stereocenters. The van der Waals surface area contributed by atoms with Gasteiger partial charge in [0.25, 0.3) is 11.4 Å². The fourth-order valence-electron chi connectivity index (χ4n) is 5.15. The zero-order valence-corrected chi connectivity index (χ0v) is 25.7. The average Bonchev–Trinajstić information content (AvgIpc) is 3.73. The molecule has 20 nitrogen and oxygen atoms in total. The number of hydrogen-bond acceptors (Lipinski definition) is 17. The van der Waals surface area contributed by atoms with Gasteiger partial charge in [-0.05, 0) is 0 Å². The molecule has 0 saturated carbocycles. The van der Waals surface area contributed by atoms with Crippen molar-refractivity contribution in [1.82, 2.24) is 44.5 Å². The van der Waals surface area contributed by atoms with Gasteiger partial charge in [-0.15, -0.1) is 16.9 Å². The van der Waals surface area contributed by atoms with Gasteiger partial charge < -0.3 is 21.1 Å². The number of halogens is 2. The fraction of sp³-hybridized carbons (Fsp3) is 0.526. The summed E-state index contributed by atoms with van der Waals surface area (Å²) in [6.07, 6.45) is -4.98. The number of alkyl halides is 2. The monoisotopic (exact) mass is 711 g/mol. The molecule has 4 aromatic heterocycles. The van der Waals surface area contributed by atoms with Gasteiger partial charge >= 0.3 is 14.6 Å². The largest absolute Gasteiger partial charge is 0.472 e. The molecule has 4 aromatic rings. The first-order valence-electron chi connectivity index (χ1n) is 12.7. The van der Waals surface area contributed by atoms with Crippen molar-refractivity contribution in [3.05, 3.63) is 23.0 Å². The molecule has 0 aromatic carbocycles. The molecule has 3 saturated heterocycles. The van der Waals surface area contributed by atoms with E-state index < -0.39 is 80.9 Å². The Labute approximate surface area is 257 Å². The molecule has 6 N–H and O–H groups in total. The lowest BCUT2D eigenvalue weighted by atomic mass is 10.1. The molecule has 7 heterocycles. The molecule has 242 valence electrons. The standard InChI is InChI=1S/C19H21F2N11O9P2S2/c20-8-7-2-38-42(34,35)41-12-6(37-3-19(12,21)32-14-9(29-30-32)13(22)24-4-25-14)1-39-43(36,44)40-11(8)17(45-7)31-5-26-10-15(31)27-18(23)28-16(10)33/h4-8,11-12,17H,1-3H2,(H,34,35)(H,36,44)(H2,22,24,25)(H3,23,27,28,33)/t6-,7-,8+,11-,12-,17-,19-,43?/m1/s1. The lowest BCUT2D eigenvalue weighted by Gasteiger charge is -2.29. The first-order chi connectivity index (χ1) is 21.3. The van der Waals surface area contributed by atoms with E-state index in [9.17, 15) is 18.8 Å². The number of imidazole rings is 1. The highest BCUT2D eigenvalue weighted by atomic mass is 32.7. The van der Waals surface area contributed by atoms with E-state index in [1.807, 2.05) is 0 Å². The Morgan fingerprint density at radius 1 is 1.16 bits per heavy atom. The summed E-state index contributed by atoms with van der Waals surface area (Å²) in [5, 5.41) is 5.12. The predicted molar refractivity (Wildman–Crippen MR) is 152 cm³/mol. The number of ether oxygens (including phenoxy) is 1. The maximum absolute atomic E-state index is 16.8. The number of thioether (sulfide) groups is 1. The minimum Gasteiger partial charge on any atom is -0.382 e. The number of H-pyrrole nitrogens is 1. The molecule has 0 spiro atoms. The van der Waals surface area contributed by atoms with Crippen molar-refractivity contribution in [2.24, 2.45) is 0 Å². The highest BCUT2D eigenvalue weighted by Gasteiger charge is 2.59. The number of nitrogens with zero attached hydrogens (tertiary/aromatic N) is 8. The van der Waals surface area contributed by atoms with Crippen molar-refractivity contribution in [2.75, 3.05) is 31.3 Å². The molecule has 3 fully saturated rings. The van der Waals surface area contributed by atoms with E-state index in [0.29, 0.717) is 4.68 Å². The number of phosphoric ester groups is 1. The van der Waals surface area contributed by atoms with Crippen LogP contribution in [0.25, 0.3) is 22.3 Å². The van der Waals surface area contributed by atoms with Crippen LogP contribution < -0.4 is 17.0 Å². The molecular formula is C19H21F2N11O9P2S2. The van der Waals surface area contributed by atoms with Crippen LogP contribution in [0.2, 0.25) is 0 Å². The Bertz CT molecular complexity index is 1970. The van der Waals surface area contributed by atoms with Crippen LogP contribution >= 0.6 is 38.6 Å². The number of hydrogen-bond donors (Lipinski definition) is 5. The summed E-state index contributed by atoms with van der Waals surface area (Å²) in [4.78, 5) is 41.0. The van der Waals surface area contributed by atoms with Gasteiger partial charge in [-0.3, -0.25) is 32.4 Å². The number of aromatic amines is 1. The van der Waals surface area contributed by atoms with Crippen LogP contribution in [0.1, 0.15) is 5.37 Å². The molecule has 9 atom stereocenters. The lowest BCUT2D eigenvalue weighted by molar-refractivity contribution is -0.0536. The molecule has 0 aliphatic carbocycles. The number of nitrogen functional groups attached to an aromatic ring is 2. The van der Waals surface area contributed by atoms with Crippen LogP contribution in [0, 0.1) is 0 Å². The Kier molecular flexibility index (Phi) is 7.47. The van der Waals surface area contributed by atoms with Crippen LogP contribution in [0.5, 0.6) is 0 Å². The summed E-state index contributed by atoms with van der Waals surface area (Å²) in [6.45, 7) is -6.88. The molecular weight excluding hydrogens is 690 g/mol. The third-order valence-corrected chi connectivity index (χ3v) is 11.3. The van der Waals surface area contributed by atoms with Gasteiger partial charge in [0.2, 0.25) is 5.95 Å². The van der Waals surface area contributed by atoms with Crippen molar-refractivity contribution >= 4 is 72.7 Å². The van der Waals surface area contributed by atoms with Crippen LogP contribution in [0.4, 0.5) is 20.5 Å². The van der Waals surface area contributed by atoms with Crippen LogP contribution in [-0.2, 0) is 37.8 Å². The molecule has 0 amide bonds. The van der Waals surface area contributed by atoms with E-state index in [0.717, 1.165) is 18.1 Å². The van der Waals surface area contributed by atoms with Crippen LogP contribution in [0.15, 0.2) is 17.4 Å². The zero-order valence-electron chi connectivity index (χ0n) is 22.2. The summed E-state index contributed by atoms with van der Waals surface area (Å²) in [6, 6.07) is 0. The Morgan fingerprint density at radius 3 is 2.76 bits per heavy atom. The van der Waals surface area contributed by atoms with E-state index in [1.165, 1.54) is 10.9 Å². The van der Waals surface area contributed by atoms with Crippen molar-refractivity contribution in [3.8, 4) is 0 Å². The molecule has 0 radical (unpaired) electrons. The average molecular weight is 712 g/mol. The lowest BCUT2D eigenvalue weighted by Crippen LogP contribution is -2.46. The van der Waals surface area contributed by atoms with Gasteiger partial charge in [0.1, 0.15) is 36.7 Å². The zero-order chi connectivity index (χ0) is 31.9. The van der Waals surface area contributed by atoms with Gasteiger partial charge in [-0.1, -0.05) is 17.5 Å². The van der Waals surface area contributed by atoms with Gasteiger partial charge in [0.15, 0.2) is 34.2 Å². The highest BCUT2D eigenvalue weighted by Crippen LogP contribution is 2.61. The number of rotatable bonds is 2. The van der Waals surface area contributed by atoms with Gasteiger partial charge in [-0.2, -0.15) is 9.67 Å². The topological polar surface area (TPSA) is 273 Å². The summed E-state index contributed by atoms with van der Waals surface area (Å²) < 4.78 is 88.0. The number of nitrogens with one attached hydrogen (secondary N) is 1. The fourth-order valence-corrected chi connectivity index (χ4v) is 9.24. The Hall–Kier alpha value is -2.79. The molecule has 7 rings (SSSR count). The SMILES string of the molecule is Nc1nc2c(ncn2[C@@H]2S[C@@H]3COP(=O)(O)O[C@@H]4[C@@H](COP(=O)(S)O[C@@H]2[C@H]3F)OC[C@@]4(F)n2nnc3c(N)ncnc32)c(=O)[nH]1. The number of phosphoric acid groups is 1. The quantitative estimate of drug-likeness (QED) is 0.139. The van der Waals surface area contributed by atoms with E-state index in [2.05, 4.69) is 47.5 Å². The first-order valence-corrected chi connectivity index (χ1v) is 17.9. The third-order valence-electron chi connectivity index (χ3n) is 7.19. The number of thiol groups is 1. The second-order valence-corrected chi connectivity index (χ2v) is 15.7. The number of fused-ring (bicyclic) bond motifs is 5. The Morgan fingerprint density at radius 2 is 1.96 bits per heavy atom. The van der Waals surface area contributed by atoms with E-state index in [4.69, 9.17) is 34.3 Å². The van der Waals surface area contributed by atoms with Gasteiger partial charge in [0.05, 0.1) is 24.8 Å². The van der Waals surface area contributed by atoms with Gasteiger partial charge in [-0.25, -0.2) is 32.9 Å². The van der Waals surface area contributed by atoms with Crippen LogP contribution in [0.3, 0.4) is 0 Å². The number of nitrogens with two attached hydrogens (primary N) is 2. The number of aromatic nitrogens is 9. The molecule has 26 heteroatoms. The van der Waals surface area contributed by atoms with E-state index in [1.54, 1.807) is 0 Å². The Balaban J connectivity index is 1.23. The second kappa shape index (κ2) is 10.9. The van der Waals surface area contributed by atoms with Crippen LogP contribution in [-0.4, -0.2) is 98.9 Å². The minimum atomic E-state index is -5.19. The third kappa shape index (κ3) is 5.31. The summed E-state index contributed by atoms with van der Waals surface area (Å²) in [5.41, 5.74) is 10.4. The normalized spacial score (nSPS) is 37.7. The van der Waals surface area contributed by atoms with Crippen molar-refractivity contribution in [3.63, 3.8) is 0 Å². The molecule has 2 bridgehead atoms. The van der Waals surface area contributed by atoms with E-state index >= 15 is 8.78 Å². The second-order valence-electron chi connectivity index (χ2n) is 10.0. The summed E-state index contributed by atoms with van der Waals surface area (Å²) in [5.74, 6) is -3.22. The summed E-state index contributed by atoms with van der Waals surface area (Å²) >= 11 is 4.80. The maximum atomic E-state index is 16.8. The number of anilines is 2. The predicted octanol–water partition coefficient (Wildman–Crippen LogP) is 0.448. The first kappa shape index (κ1) is 30.8. The van der Waals surface area contributed by atoms with Gasteiger partial charge in [0, 0.05) is 0 Å². The molecule has 45 heavy (non-hydrogen) atoms. The van der Waals surface area contributed by atoms with Crippen molar-refractivity contribution in [2.45, 2.75) is 40.9 Å². The maximum Gasteiger partial charge on any atom is 0.472 e. The van der Waals surface area contributed by atoms with E-state index in [-0.39, 0.29) is 34.1 Å². The minimum absolute atomic E-state index is 0.0440. The highest BCUT2D eigenvalue weighted by molar-refractivity contribution is 8.44. The van der Waals surface area contributed by atoms with Crippen molar-refractivity contribution < 1.29 is 45.6 Å². The molecule has 3 aliphatic rings. The van der Waals surface area contributed by atoms with Crippen molar-refractivity contribution in [1.29, 1.82) is 0 Å². The smallest absolute Gasteiger partial charge is 0.382 e. The molecule has 3 aliphatic heterocycles. The summed E-state index contributed by atoms with van der Waals surface area (Å²) in [7, 11) is -5.19.